The lowest BCUT2D eigenvalue weighted by Gasteiger charge is -2.40. The third-order valence-electron chi connectivity index (χ3n) is 3.94. The van der Waals surface area contributed by atoms with Crippen LogP contribution in [0.5, 0.6) is 0 Å². The quantitative estimate of drug-likeness (QED) is 0.777. The molecule has 1 heterocycles. The smallest absolute Gasteiger partial charge is 0.407 e. The van der Waals surface area contributed by atoms with Crippen molar-refractivity contribution in [2.75, 3.05) is 20.1 Å². The van der Waals surface area contributed by atoms with E-state index in [1.54, 1.807) is 7.05 Å². The van der Waals surface area contributed by atoms with Crippen molar-refractivity contribution in [3.05, 3.63) is 0 Å². The molecule has 0 aromatic rings. The molecule has 0 radical (unpaired) electrons. The van der Waals surface area contributed by atoms with Crippen LogP contribution in [0.25, 0.3) is 0 Å². The summed E-state index contributed by atoms with van der Waals surface area (Å²) in [4.78, 5) is 12.4. The number of nitrogens with one attached hydrogen (secondary N) is 1. The first-order valence-electron chi connectivity index (χ1n) is 6.02. The van der Waals surface area contributed by atoms with Crippen LogP contribution in [0.1, 0.15) is 33.6 Å². The first-order valence-corrected chi connectivity index (χ1v) is 6.02. The van der Waals surface area contributed by atoms with Crippen molar-refractivity contribution < 1.29 is 9.90 Å². The molecule has 0 bridgehead atoms. The number of carbonyl (C=O) groups is 1. The van der Waals surface area contributed by atoms with Gasteiger partial charge in [-0.05, 0) is 51.6 Å². The van der Waals surface area contributed by atoms with Crippen LogP contribution in [0.4, 0.5) is 4.79 Å². The van der Waals surface area contributed by atoms with Gasteiger partial charge < -0.3 is 15.3 Å². The van der Waals surface area contributed by atoms with Crippen molar-refractivity contribution in [1.29, 1.82) is 0 Å². The molecule has 0 aliphatic carbocycles. The van der Waals surface area contributed by atoms with E-state index in [1.807, 2.05) is 13.8 Å². The van der Waals surface area contributed by atoms with Gasteiger partial charge in [0.2, 0.25) is 0 Å². The molecule has 0 spiro atoms. The van der Waals surface area contributed by atoms with Crippen LogP contribution in [-0.4, -0.2) is 41.8 Å². The fourth-order valence-corrected chi connectivity index (χ4v) is 2.36. The zero-order valence-electron chi connectivity index (χ0n) is 10.8. The number of hydrogen-bond donors (Lipinski definition) is 2. The molecule has 4 heteroatoms. The third-order valence-corrected chi connectivity index (χ3v) is 3.94. The molecule has 94 valence electrons. The van der Waals surface area contributed by atoms with Crippen molar-refractivity contribution in [3.63, 3.8) is 0 Å². The molecule has 1 fully saturated rings. The molecule has 2 atom stereocenters. The molecule has 0 unspecified atom stereocenters. The monoisotopic (exact) mass is 228 g/mol. The van der Waals surface area contributed by atoms with E-state index >= 15 is 0 Å². The fourth-order valence-electron chi connectivity index (χ4n) is 2.36. The van der Waals surface area contributed by atoms with Crippen molar-refractivity contribution in [1.82, 2.24) is 10.2 Å². The lowest BCUT2D eigenvalue weighted by Crippen LogP contribution is -2.48. The Hall–Kier alpha value is -0.770. The second-order valence-corrected chi connectivity index (χ2v) is 5.59. The highest BCUT2D eigenvalue weighted by molar-refractivity contribution is 5.65. The van der Waals surface area contributed by atoms with E-state index in [9.17, 15) is 4.79 Å². The van der Waals surface area contributed by atoms with Crippen LogP contribution >= 0.6 is 0 Å². The summed E-state index contributed by atoms with van der Waals surface area (Å²) in [5, 5.41) is 12.4. The molecule has 2 N–H and O–H groups in total. The summed E-state index contributed by atoms with van der Waals surface area (Å²) >= 11 is 0. The Morgan fingerprint density at radius 2 is 2.19 bits per heavy atom. The van der Waals surface area contributed by atoms with E-state index in [2.05, 4.69) is 12.2 Å². The summed E-state index contributed by atoms with van der Waals surface area (Å²) in [7, 11) is 1.66. The zero-order chi connectivity index (χ0) is 12.3. The number of piperidine rings is 1. The highest BCUT2D eigenvalue weighted by Gasteiger charge is 2.33. The van der Waals surface area contributed by atoms with E-state index < -0.39 is 6.09 Å². The van der Waals surface area contributed by atoms with Gasteiger partial charge in [-0.3, -0.25) is 0 Å². The molecule has 1 aliphatic rings. The lowest BCUT2D eigenvalue weighted by atomic mass is 9.79. The van der Waals surface area contributed by atoms with Crippen LogP contribution < -0.4 is 5.32 Å². The van der Waals surface area contributed by atoms with Gasteiger partial charge in [-0.25, -0.2) is 4.79 Å². The standard InChI is InChI=1S/C12H24N2O2/c1-9-5-6-13-8-10(9)7-12(2,3)14(4)11(15)16/h9-10,13H,5-8H2,1-4H3,(H,15,16)/t9-,10+/m1/s1. The summed E-state index contributed by atoms with van der Waals surface area (Å²) < 4.78 is 0. The molecular weight excluding hydrogens is 204 g/mol. The molecule has 0 aromatic carbocycles. The predicted octanol–water partition coefficient (Wildman–Crippen LogP) is 2.01. The second kappa shape index (κ2) is 5.04. The molecule has 1 amide bonds. The number of amides is 1. The Kier molecular flexibility index (Phi) is 4.19. The Balaban J connectivity index is 2.60. The first-order chi connectivity index (χ1) is 7.34. The van der Waals surface area contributed by atoms with Crippen LogP contribution in [0.15, 0.2) is 0 Å². The summed E-state index contributed by atoms with van der Waals surface area (Å²) in [6, 6.07) is 0. The van der Waals surface area contributed by atoms with Gasteiger partial charge in [0.25, 0.3) is 0 Å². The van der Waals surface area contributed by atoms with Crippen molar-refractivity contribution >= 4 is 6.09 Å². The average Bonchev–Trinajstić information content (AvgIpc) is 2.20. The maximum Gasteiger partial charge on any atom is 0.407 e. The topological polar surface area (TPSA) is 52.6 Å². The van der Waals surface area contributed by atoms with Crippen LogP contribution in [0.3, 0.4) is 0 Å². The molecule has 0 aromatic heterocycles. The Bertz CT molecular complexity index is 253. The van der Waals surface area contributed by atoms with Crippen molar-refractivity contribution in [3.8, 4) is 0 Å². The molecular formula is C12H24N2O2. The van der Waals surface area contributed by atoms with E-state index in [1.165, 1.54) is 11.3 Å². The normalized spacial score (nSPS) is 26.5. The summed E-state index contributed by atoms with van der Waals surface area (Å²) in [5.74, 6) is 1.26. The van der Waals surface area contributed by atoms with E-state index in [0.717, 1.165) is 19.5 Å². The maximum atomic E-state index is 11.0. The second-order valence-electron chi connectivity index (χ2n) is 5.59. The van der Waals surface area contributed by atoms with Gasteiger partial charge in [0, 0.05) is 12.6 Å². The zero-order valence-corrected chi connectivity index (χ0v) is 10.8. The van der Waals surface area contributed by atoms with Crippen molar-refractivity contribution in [2.24, 2.45) is 11.8 Å². The van der Waals surface area contributed by atoms with Gasteiger partial charge in [0.05, 0.1) is 0 Å². The van der Waals surface area contributed by atoms with E-state index in [0.29, 0.717) is 11.8 Å². The van der Waals surface area contributed by atoms with Gasteiger partial charge >= 0.3 is 6.09 Å². The van der Waals surface area contributed by atoms with Crippen LogP contribution in [-0.2, 0) is 0 Å². The SMILES string of the molecule is C[C@@H]1CCNC[C@@H]1CC(C)(C)N(C)C(=O)O. The average molecular weight is 228 g/mol. The third kappa shape index (κ3) is 3.11. The number of rotatable bonds is 3. The number of hydrogen-bond acceptors (Lipinski definition) is 2. The minimum atomic E-state index is -0.846. The largest absolute Gasteiger partial charge is 0.465 e. The van der Waals surface area contributed by atoms with Gasteiger partial charge in [-0.1, -0.05) is 6.92 Å². The van der Waals surface area contributed by atoms with Crippen LogP contribution in [0.2, 0.25) is 0 Å². The first kappa shape index (κ1) is 13.3. The highest BCUT2D eigenvalue weighted by Crippen LogP contribution is 2.29. The highest BCUT2D eigenvalue weighted by atomic mass is 16.4. The predicted molar refractivity (Wildman–Crippen MR) is 64.6 cm³/mol. The molecule has 4 nitrogen and oxygen atoms in total. The minimum absolute atomic E-state index is 0.288. The van der Waals surface area contributed by atoms with Gasteiger partial charge in [-0.15, -0.1) is 0 Å². The maximum absolute atomic E-state index is 11.0. The molecule has 1 saturated heterocycles. The Morgan fingerprint density at radius 1 is 1.56 bits per heavy atom. The molecule has 1 rings (SSSR count). The Morgan fingerprint density at radius 3 is 2.69 bits per heavy atom. The molecule has 0 saturated carbocycles. The van der Waals surface area contributed by atoms with E-state index in [-0.39, 0.29) is 5.54 Å². The van der Waals surface area contributed by atoms with Crippen LogP contribution in [0, 0.1) is 11.8 Å². The molecule has 16 heavy (non-hydrogen) atoms. The van der Waals surface area contributed by atoms with E-state index in [4.69, 9.17) is 5.11 Å². The summed E-state index contributed by atoms with van der Waals surface area (Å²) in [5.41, 5.74) is -0.288. The summed E-state index contributed by atoms with van der Waals surface area (Å²) in [6.45, 7) is 8.37. The van der Waals surface area contributed by atoms with Gasteiger partial charge in [0.15, 0.2) is 0 Å². The number of nitrogens with zero attached hydrogens (tertiary/aromatic N) is 1. The Labute approximate surface area is 98.0 Å². The van der Waals surface area contributed by atoms with Gasteiger partial charge in [0.1, 0.15) is 0 Å². The summed E-state index contributed by atoms with van der Waals surface area (Å²) in [6.07, 6.45) is 1.27. The number of carboxylic acid groups (broad SMARTS) is 1. The van der Waals surface area contributed by atoms with Gasteiger partial charge in [-0.2, -0.15) is 0 Å². The lowest BCUT2D eigenvalue weighted by molar-refractivity contribution is 0.0845. The van der Waals surface area contributed by atoms with Crippen molar-refractivity contribution in [2.45, 2.75) is 39.2 Å². The fraction of sp³-hybridized carbons (Fsp3) is 0.917. The minimum Gasteiger partial charge on any atom is -0.465 e. The molecule has 1 aliphatic heterocycles.